The molecule has 1 aromatic heterocycles. The van der Waals surface area contributed by atoms with Crippen LogP contribution in [-0.4, -0.2) is 46.1 Å². The number of fused-ring (bicyclic) bond motifs is 2. The van der Waals surface area contributed by atoms with Crippen LogP contribution >= 0.6 is 0 Å². The van der Waals surface area contributed by atoms with E-state index in [1.54, 1.807) is 24.5 Å². The van der Waals surface area contributed by atoms with Gasteiger partial charge in [0.05, 0.1) is 12.1 Å². The average Bonchev–Trinajstić information content (AvgIpc) is 2.75. The summed E-state index contributed by atoms with van der Waals surface area (Å²) in [6.45, 7) is 1.48. The predicted molar refractivity (Wildman–Crippen MR) is 108 cm³/mol. The van der Waals surface area contributed by atoms with Gasteiger partial charge >= 0.3 is 6.03 Å². The monoisotopic (exact) mass is 389 g/mol. The van der Waals surface area contributed by atoms with E-state index in [9.17, 15) is 9.18 Å². The van der Waals surface area contributed by atoms with E-state index in [0.717, 1.165) is 24.2 Å². The number of amides is 2. The molecule has 2 aliphatic rings. The van der Waals surface area contributed by atoms with Crippen molar-refractivity contribution in [1.29, 1.82) is 0 Å². The zero-order chi connectivity index (χ0) is 19.8. The molecule has 0 radical (unpaired) electrons. The number of hydrogen-bond acceptors (Lipinski definition) is 4. The highest BCUT2D eigenvalue weighted by Gasteiger charge is 2.53. The van der Waals surface area contributed by atoms with Gasteiger partial charge in [-0.1, -0.05) is 30.3 Å². The number of urea groups is 1. The quantitative estimate of drug-likeness (QED) is 0.722. The summed E-state index contributed by atoms with van der Waals surface area (Å²) in [7, 11) is 0. The van der Waals surface area contributed by atoms with Crippen LogP contribution in [0.5, 0.6) is 0 Å². The van der Waals surface area contributed by atoms with E-state index in [1.165, 1.54) is 24.0 Å². The molecule has 2 N–H and O–H groups in total. The number of nitrogens with one attached hydrogen (secondary N) is 2. The lowest BCUT2D eigenvalue weighted by Gasteiger charge is -2.59. The largest absolute Gasteiger partial charge is 0.322 e. The lowest BCUT2D eigenvalue weighted by atomic mass is 9.72. The maximum Gasteiger partial charge on any atom is 0.322 e. The van der Waals surface area contributed by atoms with Crippen LogP contribution in [0.15, 0.2) is 67.3 Å². The van der Waals surface area contributed by atoms with E-state index in [4.69, 9.17) is 0 Å². The number of rotatable bonds is 3. The second-order valence-electron chi connectivity index (χ2n) is 7.42. The van der Waals surface area contributed by atoms with Gasteiger partial charge < -0.3 is 15.5 Å². The molecule has 2 fully saturated rings. The number of piperidine rings is 1. The third-order valence-electron chi connectivity index (χ3n) is 5.75. The maximum atomic E-state index is 13.4. The number of carbonyl (C=O) groups is 1. The van der Waals surface area contributed by atoms with Gasteiger partial charge in [0.2, 0.25) is 0 Å². The number of hydrogen-bond donors (Lipinski definition) is 2. The van der Waals surface area contributed by atoms with Crippen molar-refractivity contribution in [2.24, 2.45) is 0 Å². The Bertz CT molecular complexity index is 1010. The Balaban J connectivity index is 1.32. The number of anilines is 1. The van der Waals surface area contributed by atoms with E-state index >= 15 is 0 Å². The molecule has 29 heavy (non-hydrogen) atoms. The van der Waals surface area contributed by atoms with Crippen LogP contribution in [0.4, 0.5) is 14.9 Å². The van der Waals surface area contributed by atoms with E-state index < -0.39 is 0 Å². The Morgan fingerprint density at radius 1 is 1.03 bits per heavy atom. The molecule has 2 saturated heterocycles. The fourth-order valence-electron chi connectivity index (χ4n) is 4.42. The lowest BCUT2D eigenvalue weighted by Crippen LogP contribution is -2.74. The molecule has 3 atom stereocenters. The van der Waals surface area contributed by atoms with Gasteiger partial charge in [-0.05, 0) is 29.3 Å². The number of benzene rings is 2. The Morgan fingerprint density at radius 2 is 1.76 bits per heavy atom. The Morgan fingerprint density at radius 3 is 2.45 bits per heavy atom. The van der Waals surface area contributed by atoms with Crippen LogP contribution in [0.25, 0.3) is 11.1 Å². The highest BCUT2D eigenvalue weighted by molar-refractivity contribution is 5.91. The standard InChI is InChI=1S/C22H20FN5O/c23-17-2-1-3-18(8-17)27-22(29)28-19-11-24-12-20(28)21(19)15-6-4-14(5-7-15)16-9-25-13-26-10-16/h1-10,13,19-21,24H,11-12H2,(H,27,29)/t19-,20+,21?. The van der Waals surface area contributed by atoms with Gasteiger partial charge in [-0.15, -0.1) is 0 Å². The number of aromatic nitrogens is 2. The zero-order valence-electron chi connectivity index (χ0n) is 15.6. The minimum absolute atomic E-state index is 0.0771. The molecule has 0 saturated carbocycles. The first-order valence-corrected chi connectivity index (χ1v) is 9.61. The highest BCUT2D eigenvalue weighted by Crippen LogP contribution is 2.43. The molecule has 146 valence electrons. The molecule has 1 unspecified atom stereocenters. The van der Waals surface area contributed by atoms with E-state index in [1.807, 2.05) is 4.90 Å². The molecule has 2 aliphatic heterocycles. The smallest absolute Gasteiger partial charge is 0.315 e. The highest BCUT2D eigenvalue weighted by atomic mass is 19.1. The molecule has 0 aliphatic carbocycles. The molecule has 2 aromatic carbocycles. The van der Waals surface area contributed by atoms with E-state index in [-0.39, 0.29) is 29.8 Å². The first-order chi connectivity index (χ1) is 14.2. The average molecular weight is 389 g/mol. The van der Waals surface area contributed by atoms with Crippen LogP contribution in [-0.2, 0) is 0 Å². The van der Waals surface area contributed by atoms with Crippen molar-refractivity contribution in [1.82, 2.24) is 20.2 Å². The molecular formula is C22H20FN5O. The summed E-state index contributed by atoms with van der Waals surface area (Å²) >= 11 is 0. The maximum absolute atomic E-state index is 13.4. The van der Waals surface area contributed by atoms with Gasteiger partial charge in [0.15, 0.2) is 0 Å². The molecule has 2 bridgehead atoms. The second-order valence-corrected chi connectivity index (χ2v) is 7.42. The first kappa shape index (κ1) is 17.8. The Hall–Kier alpha value is -3.32. The fourth-order valence-corrected chi connectivity index (χ4v) is 4.42. The second kappa shape index (κ2) is 7.25. The summed E-state index contributed by atoms with van der Waals surface area (Å²) in [6, 6.07) is 14.3. The number of halogens is 1. The SMILES string of the molecule is O=C(Nc1cccc(F)c1)N1[C@@H]2CNC[C@H]1C2c1ccc(-c2cncnc2)cc1. The van der Waals surface area contributed by atoms with E-state index in [2.05, 4.69) is 44.9 Å². The van der Waals surface area contributed by atoms with Crippen molar-refractivity contribution < 1.29 is 9.18 Å². The first-order valence-electron chi connectivity index (χ1n) is 9.61. The number of nitrogens with zero attached hydrogens (tertiary/aromatic N) is 3. The summed E-state index contributed by atoms with van der Waals surface area (Å²) in [5.41, 5.74) is 3.74. The summed E-state index contributed by atoms with van der Waals surface area (Å²) < 4.78 is 13.4. The summed E-state index contributed by atoms with van der Waals surface area (Å²) in [6.07, 6.45) is 5.11. The topological polar surface area (TPSA) is 70.2 Å². The van der Waals surface area contributed by atoms with Gasteiger partial charge in [0.1, 0.15) is 12.1 Å². The molecule has 7 heteroatoms. The van der Waals surface area contributed by atoms with Crippen molar-refractivity contribution in [3.63, 3.8) is 0 Å². The van der Waals surface area contributed by atoms with Gasteiger partial charge in [-0.3, -0.25) is 0 Å². The van der Waals surface area contributed by atoms with Crippen molar-refractivity contribution in [2.75, 3.05) is 18.4 Å². The third-order valence-corrected chi connectivity index (χ3v) is 5.75. The molecule has 2 amide bonds. The molecule has 3 aromatic rings. The van der Waals surface area contributed by atoms with Crippen molar-refractivity contribution in [2.45, 2.75) is 18.0 Å². The molecular weight excluding hydrogens is 369 g/mol. The van der Waals surface area contributed by atoms with Crippen molar-refractivity contribution in [3.8, 4) is 11.1 Å². The number of carbonyl (C=O) groups excluding carboxylic acids is 1. The van der Waals surface area contributed by atoms with Crippen LogP contribution in [0.1, 0.15) is 11.5 Å². The Labute approximate surface area is 167 Å². The van der Waals surface area contributed by atoms with Crippen molar-refractivity contribution in [3.05, 3.63) is 78.6 Å². The van der Waals surface area contributed by atoms with Gasteiger partial charge in [-0.25, -0.2) is 19.2 Å². The summed E-state index contributed by atoms with van der Waals surface area (Å²) in [5.74, 6) is -0.0781. The predicted octanol–water partition coefficient (Wildman–Crippen LogP) is 3.25. The van der Waals surface area contributed by atoms with Crippen LogP contribution in [0, 0.1) is 5.82 Å². The minimum Gasteiger partial charge on any atom is -0.315 e. The van der Waals surface area contributed by atoms with Crippen molar-refractivity contribution >= 4 is 11.7 Å². The van der Waals surface area contributed by atoms with Gasteiger partial charge in [-0.2, -0.15) is 0 Å². The van der Waals surface area contributed by atoms with Crippen LogP contribution in [0.2, 0.25) is 0 Å². The Kier molecular flexibility index (Phi) is 4.44. The van der Waals surface area contributed by atoms with Gasteiger partial charge in [0, 0.05) is 42.7 Å². The molecule has 6 nitrogen and oxygen atoms in total. The number of piperazine rings is 1. The summed E-state index contributed by atoms with van der Waals surface area (Å²) in [4.78, 5) is 22.8. The zero-order valence-corrected chi connectivity index (χ0v) is 15.6. The third kappa shape index (κ3) is 3.23. The molecule has 0 spiro atoms. The van der Waals surface area contributed by atoms with Crippen LogP contribution < -0.4 is 10.6 Å². The normalized spacial score (nSPS) is 22.7. The summed E-state index contributed by atoms with van der Waals surface area (Å²) in [5, 5.41) is 6.20. The van der Waals surface area contributed by atoms with E-state index in [0.29, 0.717) is 5.69 Å². The minimum atomic E-state index is -0.366. The molecule has 5 rings (SSSR count). The van der Waals surface area contributed by atoms with Crippen LogP contribution in [0.3, 0.4) is 0 Å². The lowest BCUT2D eigenvalue weighted by molar-refractivity contribution is 0.00202. The molecule has 3 heterocycles. The van der Waals surface area contributed by atoms with Gasteiger partial charge in [0.25, 0.3) is 0 Å². The fraction of sp³-hybridized carbons (Fsp3) is 0.227.